The van der Waals surface area contributed by atoms with Gasteiger partial charge in [0.2, 0.25) is 5.91 Å². The standard InChI is InChI=1S/C19H15F2N3O4S/c20-13-5-14(21)7-15(6-13)28-10-12-3-1-2-11(4-12)9-22-24-19-23-18(27)16(29-19)8-17(25)26/h1-7,9,16H,8,10H2,(H,25,26)(H,23,24,27). The highest BCUT2D eigenvalue weighted by Crippen LogP contribution is 2.22. The molecule has 2 N–H and O–H groups in total. The fraction of sp³-hybridized carbons (Fsp3) is 0.158. The maximum absolute atomic E-state index is 13.2. The zero-order valence-corrected chi connectivity index (χ0v) is 15.7. The van der Waals surface area contributed by atoms with Crippen LogP contribution in [0.3, 0.4) is 0 Å². The van der Waals surface area contributed by atoms with Crippen molar-refractivity contribution in [2.45, 2.75) is 18.3 Å². The quantitative estimate of drug-likeness (QED) is 0.531. The Bertz CT molecular complexity index is 977. The first-order valence-electron chi connectivity index (χ1n) is 8.37. The van der Waals surface area contributed by atoms with E-state index < -0.39 is 28.8 Å². The molecular weight excluding hydrogens is 404 g/mol. The number of ether oxygens (including phenoxy) is 1. The van der Waals surface area contributed by atoms with Gasteiger partial charge in [-0.1, -0.05) is 30.0 Å². The SMILES string of the molecule is O=C(O)CC1SC(=NN=Cc2cccc(COc3cc(F)cc(F)c3)c2)NC1=O. The van der Waals surface area contributed by atoms with Crippen LogP contribution < -0.4 is 10.1 Å². The minimum Gasteiger partial charge on any atom is -0.489 e. The lowest BCUT2D eigenvalue weighted by Crippen LogP contribution is -2.26. The molecule has 1 atom stereocenters. The normalized spacial score (nSPS) is 17.7. The van der Waals surface area contributed by atoms with Crippen molar-refractivity contribution in [1.82, 2.24) is 5.32 Å². The van der Waals surface area contributed by atoms with Crippen LogP contribution in [-0.4, -0.2) is 33.6 Å². The van der Waals surface area contributed by atoms with Gasteiger partial charge in [0.05, 0.1) is 12.6 Å². The molecule has 1 fully saturated rings. The molecule has 1 unspecified atom stereocenters. The lowest BCUT2D eigenvalue weighted by Gasteiger charge is -2.07. The van der Waals surface area contributed by atoms with Gasteiger partial charge in [0, 0.05) is 18.2 Å². The van der Waals surface area contributed by atoms with Crippen molar-refractivity contribution >= 4 is 35.0 Å². The number of rotatable bonds is 7. The fourth-order valence-corrected chi connectivity index (χ4v) is 3.35. The first kappa shape index (κ1) is 20.5. The van der Waals surface area contributed by atoms with E-state index in [1.54, 1.807) is 24.3 Å². The van der Waals surface area contributed by atoms with E-state index in [0.29, 0.717) is 5.56 Å². The predicted octanol–water partition coefficient (Wildman–Crippen LogP) is 2.94. The first-order valence-corrected chi connectivity index (χ1v) is 9.25. The Morgan fingerprint density at radius 3 is 2.72 bits per heavy atom. The zero-order valence-electron chi connectivity index (χ0n) is 14.8. The number of carboxylic acids is 1. The third kappa shape index (κ3) is 6.11. The Balaban J connectivity index is 1.59. The van der Waals surface area contributed by atoms with E-state index in [0.717, 1.165) is 35.5 Å². The predicted molar refractivity (Wildman–Crippen MR) is 104 cm³/mol. The molecule has 150 valence electrons. The molecule has 1 amide bonds. The highest BCUT2D eigenvalue weighted by molar-refractivity contribution is 8.15. The molecule has 29 heavy (non-hydrogen) atoms. The molecule has 0 aromatic heterocycles. The number of amides is 1. The number of carbonyl (C=O) groups excluding carboxylic acids is 1. The molecular formula is C19H15F2N3O4S. The second kappa shape index (κ2) is 9.28. The maximum Gasteiger partial charge on any atom is 0.305 e. The molecule has 0 aliphatic carbocycles. The van der Waals surface area contributed by atoms with Gasteiger partial charge in [-0.05, 0) is 17.2 Å². The van der Waals surface area contributed by atoms with Gasteiger partial charge >= 0.3 is 5.97 Å². The van der Waals surface area contributed by atoms with Gasteiger partial charge in [-0.15, -0.1) is 5.10 Å². The summed E-state index contributed by atoms with van der Waals surface area (Å²) in [5.74, 6) is -2.84. The van der Waals surface area contributed by atoms with Gasteiger partial charge < -0.3 is 15.2 Å². The van der Waals surface area contributed by atoms with E-state index in [1.165, 1.54) is 6.21 Å². The summed E-state index contributed by atoms with van der Waals surface area (Å²) in [6.45, 7) is 0.0991. The van der Waals surface area contributed by atoms with E-state index in [-0.39, 0.29) is 23.9 Å². The first-order chi connectivity index (χ1) is 13.9. The minimum atomic E-state index is -1.07. The van der Waals surface area contributed by atoms with E-state index >= 15 is 0 Å². The molecule has 1 saturated heterocycles. The molecule has 7 nitrogen and oxygen atoms in total. The van der Waals surface area contributed by atoms with Gasteiger partial charge in [0.1, 0.15) is 29.2 Å². The van der Waals surface area contributed by atoms with Crippen molar-refractivity contribution in [1.29, 1.82) is 0 Å². The highest BCUT2D eigenvalue weighted by atomic mass is 32.2. The molecule has 1 heterocycles. The Hall–Kier alpha value is -3.27. The van der Waals surface area contributed by atoms with Crippen molar-refractivity contribution in [2.24, 2.45) is 10.2 Å². The van der Waals surface area contributed by atoms with Crippen LogP contribution in [-0.2, 0) is 16.2 Å². The molecule has 0 saturated carbocycles. The summed E-state index contributed by atoms with van der Waals surface area (Å²) >= 11 is 1.01. The number of hydrogen-bond acceptors (Lipinski definition) is 6. The lowest BCUT2D eigenvalue weighted by atomic mass is 10.1. The molecule has 1 aliphatic heterocycles. The van der Waals surface area contributed by atoms with Crippen LogP contribution in [0, 0.1) is 11.6 Å². The number of benzene rings is 2. The smallest absolute Gasteiger partial charge is 0.305 e. The summed E-state index contributed by atoms with van der Waals surface area (Å²) in [5, 5.41) is 18.5. The Morgan fingerprint density at radius 1 is 1.24 bits per heavy atom. The minimum absolute atomic E-state index is 0.0814. The van der Waals surface area contributed by atoms with E-state index in [2.05, 4.69) is 15.5 Å². The third-order valence-electron chi connectivity index (χ3n) is 3.68. The summed E-state index contributed by atoms with van der Waals surface area (Å²) in [6, 6.07) is 10.0. The van der Waals surface area contributed by atoms with Crippen LogP contribution in [0.25, 0.3) is 0 Å². The van der Waals surface area contributed by atoms with Gasteiger partial charge in [0.15, 0.2) is 5.17 Å². The van der Waals surface area contributed by atoms with Crippen molar-refractivity contribution in [2.75, 3.05) is 0 Å². The maximum atomic E-state index is 13.2. The lowest BCUT2D eigenvalue weighted by molar-refractivity contribution is -0.138. The molecule has 0 bridgehead atoms. The number of amidine groups is 1. The molecule has 3 rings (SSSR count). The zero-order chi connectivity index (χ0) is 20.8. The average Bonchev–Trinajstić information content (AvgIpc) is 2.98. The second-order valence-corrected chi connectivity index (χ2v) is 7.17. The summed E-state index contributed by atoms with van der Waals surface area (Å²) in [5.41, 5.74) is 1.44. The highest BCUT2D eigenvalue weighted by Gasteiger charge is 2.32. The number of nitrogens with zero attached hydrogens (tertiary/aromatic N) is 2. The Morgan fingerprint density at radius 2 is 2.00 bits per heavy atom. The average molecular weight is 419 g/mol. The van der Waals surface area contributed by atoms with Gasteiger partial charge in [0.25, 0.3) is 0 Å². The number of halogens is 2. The summed E-state index contributed by atoms with van der Waals surface area (Å²) in [6.07, 6.45) is 1.16. The molecule has 2 aromatic rings. The van der Waals surface area contributed by atoms with E-state index in [9.17, 15) is 18.4 Å². The molecule has 10 heteroatoms. The monoisotopic (exact) mass is 419 g/mol. The van der Waals surface area contributed by atoms with Gasteiger partial charge in [-0.2, -0.15) is 5.10 Å². The largest absolute Gasteiger partial charge is 0.489 e. The number of nitrogens with one attached hydrogen (secondary N) is 1. The van der Waals surface area contributed by atoms with Crippen LogP contribution in [0.2, 0.25) is 0 Å². The van der Waals surface area contributed by atoms with Crippen LogP contribution in [0.5, 0.6) is 5.75 Å². The Labute approximate surface area is 168 Å². The van der Waals surface area contributed by atoms with Crippen LogP contribution in [0.15, 0.2) is 52.7 Å². The second-order valence-electron chi connectivity index (χ2n) is 5.98. The topological polar surface area (TPSA) is 100 Å². The summed E-state index contributed by atoms with van der Waals surface area (Å²) < 4.78 is 31.8. The van der Waals surface area contributed by atoms with Gasteiger partial charge in [-0.3, -0.25) is 9.59 Å². The number of carboxylic acid groups (broad SMARTS) is 1. The van der Waals surface area contributed by atoms with E-state index in [4.69, 9.17) is 9.84 Å². The molecule has 0 radical (unpaired) electrons. The molecule has 2 aromatic carbocycles. The summed E-state index contributed by atoms with van der Waals surface area (Å²) in [4.78, 5) is 22.3. The number of carbonyl (C=O) groups is 2. The molecule has 1 aliphatic rings. The van der Waals surface area contributed by atoms with Gasteiger partial charge in [-0.25, -0.2) is 8.78 Å². The van der Waals surface area contributed by atoms with E-state index in [1.807, 2.05) is 0 Å². The number of aliphatic carboxylic acids is 1. The third-order valence-corrected chi connectivity index (χ3v) is 4.76. The Kier molecular flexibility index (Phi) is 6.55. The summed E-state index contributed by atoms with van der Waals surface area (Å²) in [7, 11) is 0. The van der Waals surface area contributed by atoms with Crippen LogP contribution >= 0.6 is 11.8 Å². The van der Waals surface area contributed by atoms with Crippen molar-refractivity contribution in [3.8, 4) is 5.75 Å². The van der Waals surface area contributed by atoms with Crippen LogP contribution in [0.4, 0.5) is 8.78 Å². The number of thioether (sulfide) groups is 1. The molecule has 0 spiro atoms. The van der Waals surface area contributed by atoms with Crippen molar-refractivity contribution in [3.63, 3.8) is 0 Å². The fourth-order valence-electron chi connectivity index (χ4n) is 2.43. The number of hydrogen-bond donors (Lipinski definition) is 2. The van der Waals surface area contributed by atoms with Crippen molar-refractivity contribution in [3.05, 3.63) is 65.2 Å². The van der Waals surface area contributed by atoms with Crippen LogP contribution in [0.1, 0.15) is 17.5 Å². The van der Waals surface area contributed by atoms with Crippen molar-refractivity contribution < 1.29 is 28.2 Å².